The zero-order valence-electron chi connectivity index (χ0n) is 17.8. The van der Waals surface area contributed by atoms with Crippen LogP contribution in [-0.2, 0) is 6.54 Å². The van der Waals surface area contributed by atoms with Crippen molar-refractivity contribution in [2.45, 2.75) is 50.5 Å². The first-order chi connectivity index (χ1) is 15.1. The monoisotopic (exact) mass is 443 g/mol. The van der Waals surface area contributed by atoms with Gasteiger partial charge in [0.25, 0.3) is 0 Å². The minimum atomic E-state index is 0.349. The summed E-state index contributed by atoms with van der Waals surface area (Å²) in [5.74, 6) is 3.97. The lowest BCUT2D eigenvalue weighted by Crippen LogP contribution is -2.47. The van der Waals surface area contributed by atoms with Crippen LogP contribution in [-0.4, -0.2) is 62.4 Å². The number of hydrogen-bond acceptors (Lipinski definition) is 6. The summed E-state index contributed by atoms with van der Waals surface area (Å²) in [5.41, 5.74) is 2.18. The van der Waals surface area contributed by atoms with Gasteiger partial charge >= 0.3 is 0 Å². The molecule has 3 fully saturated rings. The van der Waals surface area contributed by atoms with Crippen LogP contribution in [0.25, 0.3) is 0 Å². The molecule has 5 aliphatic rings. The van der Waals surface area contributed by atoms with E-state index in [9.17, 15) is 10.2 Å². The molecule has 7 rings (SSSR count). The number of rotatable bonds is 6. The average molecular weight is 444 g/mol. The topological polar surface area (TPSA) is 77.7 Å². The van der Waals surface area contributed by atoms with Crippen LogP contribution in [0.5, 0.6) is 11.8 Å². The van der Waals surface area contributed by atoms with E-state index in [2.05, 4.69) is 19.8 Å². The summed E-state index contributed by atoms with van der Waals surface area (Å²) >= 11 is 6.18. The third-order valence-corrected chi connectivity index (χ3v) is 8.42. The van der Waals surface area contributed by atoms with Crippen molar-refractivity contribution < 1.29 is 10.2 Å². The molecule has 8 heteroatoms. The fourth-order valence-electron chi connectivity index (χ4n) is 6.55. The van der Waals surface area contributed by atoms with E-state index in [0.717, 1.165) is 74.3 Å². The molecule has 31 heavy (non-hydrogen) atoms. The smallest absolute Gasteiger partial charge is 0.197 e. The van der Waals surface area contributed by atoms with E-state index in [-0.39, 0.29) is 0 Å². The number of anilines is 1. The third kappa shape index (κ3) is 3.20. The Hall–Kier alpha value is -1.99. The molecule has 2 saturated carbocycles. The molecule has 2 N–H and O–H groups in total. The molecule has 2 aromatic heterocycles. The largest absolute Gasteiger partial charge is 0.494 e. The number of aromatic hydroxyl groups is 2. The molecule has 4 aliphatic carbocycles. The van der Waals surface area contributed by atoms with Crippen LogP contribution in [0.2, 0.25) is 5.15 Å². The molecule has 0 amide bonds. The molecule has 2 aromatic rings. The van der Waals surface area contributed by atoms with Gasteiger partial charge < -0.3 is 15.1 Å². The van der Waals surface area contributed by atoms with E-state index in [0.29, 0.717) is 35.3 Å². The third-order valence-electron chi connectivity index (χ3n) is 8.15. The maximum atomic E-state index is 10.9. The highest BCUT2D eigenvalue weighted by atomic mass is 35.5. The van der Waals surface area contributed by atoms with Crippen LogP contribution in [0.4, 0.5) is 5.82 Å². The van der Waals surface area contributed by atoms with Crippen molar-refractivity contribution in [3.8, 4) is 11.8 Å². The number of fused-ring (bicyclic) bond motifs is 1. The molecule has 2 bridgehead atoms. The second-order valence-corrected chi connectivity index (χ2v) is 10.0. The molecular formula is C23H30ClN5O2. The number of hydrogen-bond donors (Lipinski definition) is 2. The van der Waals surface area contributed by atoms with Gasteiger partial charge in [-0.2, -0.15) is 0 Å². The zero-order valence-corrected chi connectivity index (χ0v) is 18.5. The summed E-state index contributed by atoms with van der Waals surface area (Å²) in [5, 5.41) is 22.2. The first-order valence-corrected chi connectivity index (χ1v) is 12.1. The van der Waals surface area contributed by atoms with Crippen molar-refractivity contribution in [3.05, 3.63) is 28.7 Å². The van der Waals surface area contributed by atoms with E-state index in [1.807, 2.05) is 0 Å². The Morgan fingerprint density at radius 2 is 1.48 bits per heavy atom. The molecular weight excluding hydrogens is 414 g/mol. The van der Waals surface area contributed by atoms with E-state index in [1.165, 1.54) is 19.3 Å². The first-order valence-electron chi connectivity index (χ1n) is 11.7. The highest BCUT2D eigenvalue weighted by Crippen LogP contribution is 2.70. The summed E-state index contributed by atoms with van der Waals surface area (Å²) in [6, 6.07) is 0. The fourth-order valence-corrected chi connectivity index (χ4v) is 6.78. The molecule has 1 aliphatic heterocycles. The molecule has 0 spiro atoms. The van der Waals surface area contributed by atoms with E-state index in [1.54, 1.807) is 17.0 Å². The highest BCUT2D eigenvalue weighted by Gasteiger charge is 2.58. The summed E-state index contributed by atoms with van der Waals surface area (Å²) in [6.45, 7) is 5.47. The predicted octanol–water partition coefficient (Wildman–Crippen LogP) is 3.56. The molecule has 4 unspecified atom stereocenters. The summed E-state index contributed by atoms with van der Waals surface area (Å²) in [6.07, 6.45) is 8.96. The molecule has 7 nitrogen and oxygen atoms in total. The van der Waals surface area contributed by atoms with Gasteiger partial charge in [0.05, 0.1) is 0 Å². The van der Waals surface area contributed by atoms with E-state index < -0.39 is 0 Å². The minimum absolute atomic E-state index is 0.349. The quantitative estimate of drug-likeness (QED) is 0.665. The van der Waals surface area contributed by atoms with Gasteiger partial charge in [0.15, 0.2) is 22.7 Å². The van der Waals surface area contributed by atoms with Gasteiger partial charge in [0.1, 0.15) is 0 Å². The zero-order chi connectivity index (χ0) is 21.1. The van der Waals surface area contributed by atoms with Gasteiger partial charge in [-0.25, -0.2) is 9.97 Å². The summed E-state index contributed by atoms with van der Waals surface area (Å²) < 4.78 is 1.79. The van der Waals surface area contributed by atoms with Crippen LogP contribution in [0.3, 0.4) is 0 Å². The Morgan fingerprint density at radius 3 is 2.13 bits per heavy atom. The van der Waals surface area contributed by atoms with Crippen LogP contribution in [0.15, 0.2) is 12.4 Å². The van der Waals surface area contributed by atoms with Gasteiger partial charge in [0.2, 0.25) is 0 Å². The lowest BCUT2D eigenvalue weighted by Gasteiger charge is -2.35. The fraction of sp³-hybridized carbons (Fsp3) is 0.652. The van der Waals surface area contributed by atoms with E-state index >= 15 is 0 Å². The Bertz CT molecular complexity index is 947. The number of piperazine rings is 1. The van der Waals surface area contributed by atoms with Gasteiger partial charge in [-0.05, 0) is 62.3 Å². The lowest BCUT2D eigenvalue weighted by molar-refractivity contribution is 0.249. The van der Waals surface area contributed by atoms with Crippen molar-refractivity contribution in [3.63, 3.8) is 0 Å². The van der Waals surface area contributed by atoms with Crippen LogP contribution < -0.4 is 4.90 Å². The number of halogens is 1. The predicted molar refractivity (Wildman–Crippen MR) is 119 cm³/mol. The van der Waals surface area contributed by atoms with Crippen molar-refractivity contribution in [1.82, 2.24) is 19.4 Å². The van der Waals surface area contributed by atoms with Crippen molar-refractivity contribution in [2.75, 3.05) is 37.6 Å². The Morgan fingerprint density at radius 1 is 0.871 bits per heavy atom. The Kier molecular flexibility index (Phi) is 4.79. The summed E-state index contributed by atoms with van der Waals surface area (Å²) in [7, 11) is 0. The van der Waals surface area contributed by atoms with Crippen molar-refractivity contribution >= 4 is 17.4 Å². The molecule has 0 aromatic carbocycles. The van der Waals surface area contributed by atoms with E-state index in [4.69, 9.17) is 11.6 Å². The Labute approximate surface area is 187 Å². The standard InChI is InChI=1S/C23H30ClN5O2/c24-20-21(26-6-5-25-20)28-11-9-27(10-12-28)7-1-2-8-29-22(30)18-14-3-4-15(17-13-16(14)17)19(18)23(29)31/h5-6,14-17,30-31H,1-4,7-13H2. The Balaban J connectivity index is 1.02. The molecule has 0 radical (unpaired) electrons. The number of nitrogens with zero attached hydrogens (tertiary/aromatic N) is 5. The van der Waals surface area contributed by atoms with Gasteiger partial charge in [0, 0.05) is 56.2 Å². The first kappa shape index (κ1) is 19.7. The maximum Gasteiger partial charge on any atom is 0.197 e. The maximum absolute atomic E-state index is 10.9. The summed E-state index contributed by atoms with van der Waals surface area (Å²) in [4.78, 5) is 13.2. The minimum Gasteiger partial charge on any atom is -0.494 e. The van der Waals surface area contributed by atoms with Gasteiger partial charge in [-0.1, -0.05) is 11.6 Å². The molecule has 166 valence electrons. The number of unbranched alkanes of at least 4 members (excludes halogenated alkanes) is 1. The van der Waals surface area contributed by atoms with Crippen molar-refractivity contribution in [1.29, 1.82) is 0 Å². The highest BCUT2D eigenvalue weighted by molar-refractivity contribution is 6.31. The SMILES string of the molecule is Oc1c2c(c(O)n1CCCCN1CCN(c3nccnc3Cl)CC1)C1CCC2C2CC12. The molecule has 1 saturated heterocycles. The van der Waals surface area contributed by atoms with Crippen LogP contribution in [0, 0.1) is 11.8 Å². The number of aromatic nitrogens is 3. The molecule has 4 atom stereocenters. The van der Waals surface area contributed by atoms with Gasteiger partial charge in [-0.15, -0.1) is 0 Å². The average Bonchev–Trinajstić information content (AvgIpc) is 3.57. The van der Waals surface area contributed by atoms with Crippen LogP contribution >= 0.6 is 11.6 Å². The van der Waals surface area contributed by atoms with Crippen molar-refractivity contribution in [2.24, 2.45) is 11.8 Å². The molecule has 3 heterocycles. The van der Waals surface area contributed by atoms with Gasteiger partial charge in [-0.3, -0.25) is 9.47 Å². The lowest BCUT2D eigenvalue weighted by atomic mass is 9.68. The second kappa shape index (κ2) is 7.55. The second-order valence-electron chi connectivity index (χ2n) is 9.69. The normalized spacial score (nSPS) is 29.1. The van der Waals surface area contributed by atoms with Crippen LogP contribution in [0.1, 0.15) is 55.1 Å².